The number of hydrogen-bond acceptors (Lipinski definition) is 3. The molecule has 1 amide bonds. The quantitative estimate of drug-likeness (QED) is 0.443. The molecule has 28 heavy (non-hydrogen) atoms. The van der Waals surface area contributed by atoms with Gasteiger partial charge in [-0.1, -0.05) is 35.4 Å². The number of nitrogens with one attached hydrogen (secondary N) is 2. The number of para-hydroxylation sites is 1. The van der Waals surface area contributed by atoms with Gasteiger partial charge in [-0.15, -0.1) is 0 Å². The minimum absolute atomic E-state index is 0.0651. The molecule has 0 heterocycles. The Morgan fingerprint density at radius 3 is 2.32 bits per heavy atom. The Balaban J connectivity index is 1.76. The van der Waals surface area contributed by atoms with Gasteiger partial charge in [0.05, 0.1) is 21.2 Å². The van der Waals surface area contributed by atoms with E-state index in [1.165, 1.54) is 12.1 Å². The van der Waals surface area contributed by atoms with E-state index in [9.17, 15) is 13.2 Å². The van der Waals surface area contributed by atoms with Crippen molar-refractivity contribution in [3.05, 3.63) is 86.4 Å². The molecular formula is C20H16ClIN2O3S. The van der Waals surface area contributed by atoms with E-state index in [1.54, 1.807) is 42.5 Å². The highest BCUT2D eigenvalue weighted by Gasteiger charge is 2.16. The predicted molar refractivity (Wildman–Crippen MR) is 121 cm³/mol. The summed E-state index contributed by atoms with van der Waals surface area (Å²) in [6, 6.07) is 18.1. The topological polar surface area (TPSA) is 75.3 Å². The van der Waals surface area contributed by atoms with E-state index < -0.39 is 10.0 Å². The highest BCUT2D eigenvalue weighted by Crippen LogP contribution is 2.25. The van der Waals surface area contributed by atoms with Crippen molar-refractivity contribution < 1.29 is 13.2 Å². The number of hydrogen-bond donors (Lipinski definition) is 2. The molecule has 0 aromatic heterocycles. The van der Waals surface area contributed by atoms with Gasteiger partial charge in [0.15, 0.2) is 0 Å². The van der Waals surface area contributed by atoms with Crippen molar-refractivity contribution >= 4 is 61.5 Å². The molecule has 8 heteroatoms. The average molecular weight is 527 g/mol. The summed E-state index contributed by atoms with van der Waals surface area (Å²) in [6.45, 7) is 1.96. The number of carbonyl (C=O) groups is 1. The van der Waals surface area contributed by atoms with Crippen molar-refractivity contribution in [2.24, 2.45) is 0 Å². The summed E-state index contributed by atoms with van der Waals surface area (Å²) < 4.78 is 28.4. The molecule has 0 unspecified atom stereocenters. The summed E-state index contributed by atoms with van der Waals surface area (Å²) in [4.78, 5) is 12.5. The highest BCUT2D eigenvalue weighted by atomic mass is 127. The van der Waals surface area contributed by atoms with Gasteiger partial charge in [0.1, 0.15) is 0 Å². The lowest BCUT2D eigenvalue weighted by Gasteiger charge is -2.11. The second-order valence-electron chi connectivity index (χ2n) is 6.05. The van der Waals surface area contributed by atoms with Crippen molar-refractivity contribution in [3.8, 4) is 0 Å². The largest absolute Gasteiger partial charge is 0.322 e. The van der Waals surface area contributed by atoms with Crippen LogP contribution in [0.25, 0.3) is 0 Å². The summed E-state index contributed by atoms with van der Waals surface area (Å²) >= 11 is 8.12. The average Bonchev–Trinajstić information content (AvgIpc) is 2.64. The summed E-state index contributed by atoms with van der Waals surface area (Å²) in [5, 5.41) is 3.08. The third kappa shape index (κ3) is 4.84. The summed E-state index contributed by atoms with van der Waals surface area (Å²) in [7, 11) is -3.79. The molecule has 0 saturated carbocycles. The minimum Gasteiger partial charge on any atom is -0.322 e. The first-order valence-corrected chi connectivity index (χ1v) is 11.2. The van der Waals surface area contributed by atoms with Gasteiger partial charge < -0.3 is 5.32 Å². The van der Waals surface area contributed by atoms with Crippen LogP contribution in [0.5, 0.6) is 0 Å². The van der Waals surface area contributed by atoms with E-state index in [1.807, 2.05) is 19.1 Å². The molecule has 0 atom stereocenters. The van der Waals surface area contributed by atoms with Crippen LogP contribution in [0.2, 0.25) is 5.02 Å². The molecule has 0 aliphatic rings. The molecule has 144 valence electrons. The van der Waals surface area contributed by atoms with E-state index in [2.05, 4.69) is 32.6 Å². The minimum atomic E-state index is -3.79. The Kier molecular flexibility index (Phi) is 6.26. The van der Waals surface area contributed by atoms with E-state index >= 15 is 0 Å². The van der Waals surface area contributed by atoms with Crippen molar-refractivity contribution in [1.82, 2.24) is 0 Å². The second kappa shape index (κ2) is 8.50. The molecule has 0 aliphatic carbocycles. The van der Waals surface area contributed by atoms with Gasteiger partial charge in [-0.25, -0.2) is 8.42 Å². The molecule has 0 fully saturated rings. The normalized spacial score (nSPS) is 11.1. The number of carbonyl (C=O) groups excluding carboxylic acids is 1. The monoisotopic (exact) mass is 526 g/mol. The van der Waals surface area contributed by atoms with Crippen LogP contribution in [0.1, 0.15) is 15.9 Å². The van der Waals surface area contributed by atoms with Gasteiger partial charge >= 0.3 is 0 Å². The summed E-state index contributed by atoms with van der Waals surface area (Å²) in [5.74, 6) is -0.255. The van der Waals surface area contributed by atoms with Crippen LogP contribution in [-0.2, 0) is 10.0 Å². The third-order valence-electron chi connectivity index (χ3n) is 3.91. The number of amides is 1. The molecule has 0 saturated heterocycles. The van der Waals surface area contributed by atoms with E-state index in [-0.39, 0.29) is 10.8 Å². The molecule has 5 nitrogen and oxygen atoms in total. The lowest BCUT2D eigenvalue weighted by Crippen LogP contribution is -2.15. The van der Waals surface area contributed by atoms with Gasteiger partial charge in [0, 0.05) is 9.26 Å². The maximum absolute atomic E-state index is 12.5. The lowest BCUT2D eigenvalue weighted by molar-refractivity contribution is 0.102. The first kappa shape index (κ1) is 20.6. The van der Waals surface area contributed by atoms with Gasteiger partial charge in [-0.2, -0.15) is 0 Å². The van der Waals surface area contributed by atoms with Gasteiger partial charge in [0.25, 0.3) is 15.9 Å². The Hall–Kier alpha value is -2.10. The zero-order valence-electron chi connectivity index (χ0n) is 14.7. The molecule has 3 rings (SSSR count). The Bertz CT molecular complexity index is 1130. The summed E-state index contributed by atoms with van der Waals surface area (Å²) in [6.07, 6.45) is 0. The predicted octanol–water partition coefficient (Wildman–Crippen LogP) is 5.31. The Morgan fingerprint density at radius 2 is 1.68 bits per heavy atom. The first-order chi connectivity index (χ1) is 13.3. The number of anilines is 2. The van der Waals surface area contributed by atoms with Crippen LogP contribution in [0.3, 0.4) is 0 Å². The number of aryl methyl sites for hydroxylation is 1. The zero-order valence-corrected chi connectivity index (χ0v) is 18.5. The molecule has 0 spiro atoms. The van der Waals surface area contributed by atoms with Crippen LogP contribution in [-0.4, -0.2) is 14.3 Å². The van der Waals surface area contributed by atoms with Crippen LogP contribution in [0.15, 0.2) is 71.6 Å². The highest BCUT2D eigenvalue weighted by molar-refractivity contribution is 14.1. The molecule has 0 bridgehead atoms. The van der Waals surface area contributed by atoms with Gasteiger partial charge in [-0.3, -0.25) is 9.52 Å². The lowest BCUT2D eigenvalue weighted by atomic mass is 10.1. The molecule has 3 aromatic carbocycles. The first-order valence-electron chi connectivity index (χ1n) is 8.21. The second-order valence-corrected chi connectivity index (χ2v) is 9.30. The van der Waals surface area contributed by atoms with Crippen LogP contribution >= 0.6 is 34.2 Å². The standard InChI is InChI=1S/C20H16ClIN2O3S/c1-13-6-11-16(18(22)12-13)20(25)23-14-7-9-15(10-8-14)28(26,27)24-19-5-3-2-4-17(19)21/h2-12,24H,1H3,(H,23,25). The molecule has 0 aliphatic heterocycles. The molecular weight excluding hydrogens is 511 g/mol. The van der Waals surface area contributed by atoms with Gasteiger partial charge in [0.2, 0.25) is 0 Å². The maximum atomic E-state index is 12.5. The van der Waals surface area contributed by atoms with Crippen LogP contribution < -0.4 is 10.0 Å². The number of halogens is 2. The van der Waals surface area contributed by atoms with Crippen molar-refractivity contribution in [2.75, 3.05) is 10.0 Å². The number of sulfonamides is 1. The van der Waals surface area contributed by atoms with E-state index in [0.717, 1.165) is 9.13 Å². The third-order valence-corrected chi connectivity index (χ3v) is 6.51. The Morgan fingerprint density at radius 1 is 1.00 bits per heavy atom. The van der Waals surface area contributed by atoms with Gasteiger partial charge in [-0.05, 0) is 78.0 Å². The fraction of sp³-hybridized carbons (Fsp3) is 0.0500. The maximum Gasteiger partial charge on any atom is 0.261 e. The molecule has 2 N–H and O–H groups in total. The Labute approximate surface area is 182 Å². The van der Waals surface area contributed by atoms with Crippen LogP contribution in [0.4, 0.5) is 11.4 Å². The fourth-order valence-corrected chi connectivity index (χ4v) is 4.70. The van der Waals surface area contributed by atoms with Crippen molar-refractivity contribution in [2.45, 2.75) is 11.8 Å². The fourth-order valence-electron chi connectivity index (χ4n) is 2.47. The SMILES string of the molecule is Cc1ccc(C(=O)Nc2ccc(S(=O)(=O)Nc3ccccc3Cl)cc2)c(I)c1. The van der Waals surface area contributed by atoms with Crippen molar-refractivity contribution in [1.29, 1.82) is 0 Å². The number of benzene rings is 3. The van der Waals surface area contributed by atoms with E-state index in [4.69, 9.17) is 11.6 Å². The zero-order chi connectivity index (χ0) is 20.3. The van der Waals surface area contributed by atoms with Crippen molar-refractivity contribution in [3.63, 3.8) is 0 Å². The molecule has 0 radical (unpaired) electrons. The molecule has 3 aromatic rings. The van der Waals surface area contributed by atoms with Crippen LogP contribution in [0, 0.1) is 10.5 Å². The van der Waals surface area contributed by atoms with E-state index in [0.29, 0.717) is 22.0 Å². The number of rotatable bonds is 5. The smallest absolute Gasteiger partial charge is 0.261 e. The summed E-state index contributed by atoms with van der Waals surface area (Å²) in [5.41, 5.74) is 2.43.